The fourth-order valence-corrected chi connectivity index (χ4v) is 4.23. The molecule has 1 saturated heterocycles. The van der Waals surface area contributed by atoms with Gasteiger partial charge in [0.2, 0.25) is 0 Å². The predicted molar refractivity (Wildman–Crippen MR) is 114 cm³/mol. The molecule has 7 heteroatoms. The maximum atomic E-state index is 13.6. The molecule has 5 rings (SSSR count). The topological polar surface area (TPSA) is 82.1 Å². The van der Waals surface area contributed by atoms with Crippen LogP contribution in [-0.4, -0.2) is 39.3 Å². The van der Waals surface area contributed by atoms with Crippen LogP contribution in [0.2, 0.25) is 0 Å². The van der Waals surface area contributed by atoms with Gasteiger partial charge in [0.15, 0.2) is 0 Å². The Morgan fingerprint density at radius 2 is 1.97 bits per heavy atom. The highest BCUT2D eigenvalue weighted by Crippen LogP contribution is 2.43. The monoisotopic (exact) mass is 404 g/mol. The summed E-state index contributed by atoms with van der Waals surface area (Å²) in [6.07, 6.45) is 1.78. The second kappa shape index (κ2) is 6.79. The van der Waals surface area contributed by atoms with Crippen molar-refractivity contribution in [2.75, 3.05) is 18.0 Å². The lowest BCUT2D eigenvalue weighted by atomic mass is 9.88. The summed E-state index contributed by atoms with van der Waals surface area (Å²) in [5.74, 6) is -0.510. The molecule has 0 aliphatic carbocycles. The predicted octanol–water partition coefficient (Wildman–Crippen LogP) is 4.56. The quantitative estimate of drug-likeness (QED) is 0.521. The van der Waals surface area contributed by atoms with E-state index in [0.29, 0.717) is 13.1 Å². The van der Waals surface area contributed by atoms with Gasteiger partial charge in [-0.05, 0) is 41.3 Å². The lowest BCUT2D eigenvalue weighted by molar-refractivity contribution is -0.142. The molecule has 0 radical (unpaired) electrons. The zero-order chi connectivity index (χ0) is 21.0. The molecular formula is C23H21FN4O2. The summed E-state index contributed by atoms with van der Waals surface area (Å²) in [6.45, 7) is 5.07. The lowest BCUT2D eigenvalue weighted by Crippen LogP contribution is -2.51. The van der Waals surface area contributed by atoms with Crippen LogP contribution in [0.25, 0.3) is 32.9 Å². The van der Waals surface area contributed by atoms with Crippen molar-refractivity contribution < 1.29 is 14.3 Å². The summed E-state index contributed by atoms with van der Waals surface area (Å²) in [5.41, 5.74) is 4.64. The van der Waals surface area contributed by atoms with Crippen LogP contribution >= 0.6 is 0 Å². The molecule has 0 spiro atoms. The number of carbonyl (C=O) groups is 1. The van der Waals surface area contributed by atoms with E-state index in [4.69, 9.17) is 4.98 Å². The minimum absolute atomic E-state index is 0.140. The molecule has 0 bridgehead atoms. The first kappa shape index (κ1) is 18.5. The van der Waals surface area contributed by atoms with Crippen LogP contribution in [0.15, 0.2) is 42.6 Å². The Kier molecular flexibility index (Phi) is 4.20. The number of hydrogen-bond donors (Lipinski definition) is 2. The van der Waals surface area contributed by atoms with Crippen molar-refractivity contribution in [3.63, 3.8) is 0 Å². The summed E-state index contributed by atoms with van der Waals surface area (Å²) in [5, 5.41) is 18.4. The molecule has 1 aliphatic heterocycles. The number of carboxylic acids is 1. The van der Waals surface area contributed by atoms with E-state index in [0.717, 1.165) is 44.3 Å². The molecule has 0 saturated carbocycles. The van der Waals surface area contributed by atoms with Crippen LogP contribution in [0.4, 0.5) is 10.2 Å². The molecule has 30 heavy (non-hydrogen) atoms. The normalized spacial score (nSPS) is 14.6. The smallest absolute Gasteiger partial charge is 0.310 e. The first-order valence-corrected chi connectivity index (χ1v) is 9.97. The Morgan fingerprint density at radius 3 is 2.63 bits per heavy atom. The van der Waals surface area contributed by atoms with Crippen LogP contribution in [-0.2, 0) is 4.79 Å². The van der Waals surface area contributed by atoms with Crippen molar-refractivity contribution in [3.8, 4) is 11.1 Å². The van der Waals surface area contributed by atoms with E-state index in [-0.39, 0.29) is 17.7 Å². The van der Waals surface area contributed by atoms with Crippen molar-refractivity contribution in [1.29, 1.82) is 0 Å². The second-order valence-corrected chi connectivity index (χ2v) is 8.15. The van der Waals surface area contributed by atoms with Gasteiger partial charge in [-0.1, -0.05) is 26.0 Å². The van der Waals surface area contributed by atoms with Gasteiger partial charge in [0.05, 0.1) is 23.1 Å². The number of aromatic nitrogens is 3. The number of benzene rings is 2. The summed E-state index contributed by atoms with van der Waals surface area (Å²) < 4.78 is 13.6. The van der Waals surface area contributed by atoms with E-state index >= 15 is 0 Å². The molecule has 1 fully saturated rings. The second-order valence-electron chi connectivity index (χ2n) is 8.15. The van der Waals surface area contributed by atoms with Gasteiger partial charge in [-0.3, -0.25) is 9.89 Å². The third-order valence-electron chi connectivity index (χ3n) is 5.80. The molecule has 4 aromatic rings. The van der Waals surface area contributed by atoms with Crippen LogP contribution in [0, 0.1) is 11.7 Å². The molecule has 0 unspecified atom stereocenters. The first-order valence-electron chi connectivity index (χ1n) is 9.97. The van der Waals surface area contributed by atoms with Gasteiger partial charge in [-0.2, -0.15) is 5.10 Å². The highest BCUT2D eigenvalue weighted by molar-refractivity contribution is 6.05. The highest BCUT2D eigenvalue weighted by Gasteiger charge is 2.36. The Labute approximate surface area is 172 Å². The molecule has 2 aromatic heterocycles. The fraction of sp³-hybridized carbons (Fsp3) is 0.261. The average Bonchev–Trinajstić information content (AvgIpc) is 3.11. The number of aromatic amines is 1. The number of pyridine rings is 1. The number of hydrogen-bond acceptors (Lipinski definition) is 4. The number of halogens is 1. The first-order chi connectivity index (χ1) is 14.4. The van der Waals surface area contributed by atoms with Gasteiger partial charge in [-0.25, -0.2) is 9.37 Å². The molecule has 0 atom stereocenters. The third-order valence-corrected chi connectivity index (χ3v) is 5.80. The molecular weight excluding hydrogens is 383 g/mol. The Bertz CT molecular complexity index is 1270. The van der Waals surface area contributed by atoms with Crippen molar-refractivity contribution in [3.05, 3.63) is 54.0 Å². The number of nitrogens with zero attached hydrogens (tertiary/aromatic N) is 3. The summed E-state index contributed by atoms with van der Waals surface area (Å²) in [6, 6.07) is 10.5. The van der Waals surface area contributed by atoms with Crippen LogP contribution in [0.3, 0.4) is 0 Å². The van der Waals surface area contributed by atoms with Gasteiger partial charge in [-0.15, -0.1) is 0 Å². The molecule has 0 amide bonds. The van der Waals surface area contributed by atoms with Crippen molar-refractivity contribution >= 4 is 33.6 Å². The number of anilines is 1. The van der Waals surface area contributed by atoms with E-state index in [2.05, 4.69) is 30.1 Å². The highest BCUT2D eigenvalue weighted by atomic mass is 19.1. The SMILES string of the molecule is CC(C)c1c(N2CC(C(=O)O)C2)nc2cc3[nH]ncc3cc2c1-c1ccc(F)cc1. The van der Waals surface area contributed by atoms with Crippen molar-refractivity contribution in [1.82, 2.24) is 15.2 Å². The van der Waals surface area contributed by atoms with Crippen LogP contribution in [0.1, 0.15) is 25.3 Å². The summed E-state index contributed by atoms with van der Waals surface area (Å²) in [4.78, 5) is 18.3. The molecule has 3 heterocycles. The summed E-state index contributed by atoms with van der Waals surface area (Å²) >= 11 is 0. The van der Waals surface area contributed by atoms with Gasteiger partial charge in [0.1, 0.15) is 11.6 Å². The molecule has 152 valence electrons. The van der Waals surface area contributed by atoms with Crippen molar-refractivity contribution in [2.45, 2.75) is 19.8 Å². The zero-order valence-corrected chi connectivity index (χ0v) is 16.7. The van der Waals surface area contributed by atoms with E-state index in [1.165, 1.54) is 12.1 Å². The third kappa shape index (κ3) is 2.89. The number of nitrogens with one attached hydrogen (secondary N) is 1. The molecule has 2 N–H and O–H groups in total. The number of H-pyrrole nitrogens is 1. The van der Waals surface area contributed by atoms with Crippen molar-refractivity contribution in [2.24, 2.45) is 5.92 Å². The maximum Gasteiger partial charge on any atom is 0.310 e. The minimum Gasteiger partial charge on any atom is -0.481 e. The van der Waals surface area contributed by atoms with Gasteiger partial charge in [0, 0.05) is 29.4 Å². The fourth-order valence-electron chi connectivity index (χ4n) is 4.23. The molecule has 6 nitrogen and oxygen atoms in total. The minimum atomic E-state index is -0.781. The van der Waals surface area contributed by atoms with E-state index in [9.17, 15) is 14.3 Å². The number of aliphatic carboxylic acids is 1. The number of carboxylic acid groups (broad SMARTS) is 1. The number of rotatable bonds is 4. The van der Waals surface area contributed by atoms with E-state index < -0.39 is 5.97 Å². The zero-order valence-electron chi connectivity index (χ0n) is 16.7. The average molecular weight is 404 g/mol. The van der Waals surface area contributed by atoms with E-state index in [1.807, 2.05) is 11.0 Å². The van der Waals surface area contributed by atoms with Gasteiger partial charge in [0.25, 0.3) is 0 Å². The van der Waals surface area contributed by atoms with E-state index in [1.54, 1.807) is 18.3 Å². The standard InChI is InChI=1S/C23H21FN4O2/c1-12(2)20-21(13-3-5-16(24)6-4-13)17-7-14-9-25-27-18(14)8-19(17)26-22(20)28-10-15(11-28)23(29)30/h3-9,12,15H,10-11H2,1-2H3,(H,25,27)(H,29,30). The molecule has 1 aliphatic rings. The maximum absolute atomic E-state index is 13.6. The Hall–Kier alpha value is -3.48. The Balaban J connectivity index is 1.81. The van der Waals surface area contributed by atoms with Crippen LogP contribution in [0.5, 0.6) is 0 Å². The largest absolute Gasteiger partial charge is 0.481 e. The van der Waals surface area contributed by atoms with Gasteiger partial charge < -0.3 is 10.0 Å². The lowest BCUT2D eigenvalue weighted by Gasteiger charge is -2.40. The Morgan fingerprint density at radius 1 is 1.23 bits per heavy atom. The van der Waals surface area contributed by atoms with Crippen LogP contribution < -0.4 is 4.90 Å². The van der Waals surface area contributed by atoms with Gasteiger partial charge >= 0.3 is 5.97 Å². The summed E-state index contributed by atoms with van der Waals surface area (Å²) in [7, 11) is 0. The molecule has 2 aromatic carbocycles. The number of fused-ring (bicyclic) bond motifs is 2.